The molecule has 122 valence electrons. The van der Waals surface area contributed by atoms with Crippen LogP contribution in [-0.2, 0) is 9.53 Å². The Kier molecular flexibility index (Phi) is 4.97. The lowest BCUT2D eigenvalue weighted by molar-refractivity contribution is -0.142. The molecule has 0 spiro atoms. The Balaban J connectivity index is 2.08. The van der Waals surface area contributed by atoms with Crippen LogP contribution in [0.1, 0.15) is 17.5 Å². The topological polar surface area (TPSA) is 51.0 Å². The number of carbonyl (C=O) groups excluding carboxylic acids is 1. The van der Waals surface area contributed by atoms with E-state index in [-0.39, 0.29) is 5.97 Å². The summed E-state index contributed by atoms with van der Waals surface area (Å²) < 4.78 is 4.94. The maximum atomic E-state index is 12.3. The van der Waals surface area contributed by atoms with Crippen LogP contribution in [0.3, 0.4) is 0 Å². The minimum Gasteiger partial charge on any atom is -0.468 e. The van der Waals surface area contributed by atoms with Crippen molar-refractivity contribution in [3.63, 3.8) is 0 Å². The highest BCUT2D eigenvalue weighted by Crippen LogP contribution is 2.28. The molecule has 0 saturated carbocycles. The van der Waals surface area contributed by atoms with E-state index in [0.717, 1.165) is 5.56 Å². The van der Waals surface area contributed by atoms with Gasteiger partial charge in [0.15, 0.2) is 0 Å². The van der Waals surface area contributed by atoms with Crippen molar-refractivity contribution in [2.75, 3.05) is 7.11 Å². The Bertz CT molecular complexity index is 846. The fourth-order valence-corrected chi connectivity index (χ4v) is 3.10. The molecule has 3 rings (SSSR count). The van der Waals surface area contributed by atoms with Gasteiger partial charge in [0.25, 0.3) is 0 Å². The fraction of sp³-hybridized carbons (Fsp3) is 0.167. The van der Waals surface area contributed by atoms with Crippen LogP contribution in [0.4, 0.5) is 0 Å². The Labute approximate surface area is 149 Å². The minimum absolute atomic E-state index is 0.348. The number of hydrogen-bond donors (Lipinski definition) is 0. The highest BCUT2D eigenvalue weighted by atomic mass is 35.5. The van der Waals surface area contributed by atoms with Gasteiger partial charge >= 0.3 is 5.97 Å². The summed E-state index contributed by atoms with van der Waals surface area (Å²) in [5.74, 6) is -0.966. The number of halogens is 2. The molecule has 1 aliphatic rings. The molecular formula is C18H14Cl2N2O2. The normalized spacial score (nSPS) is 17.0. The highest BCUT2D eigenvalue weighted by molar-refractivity contribution is 6.36. The molecule has 1 heterocycles. The monoisotopic (exact) mass is 360 g/mol. The van der Waals surface area contributed by atoms with Crippen LogP contribution in [0.2, 0.25) is 10.0 Å². The van der Waals surface area contributed by atoms with Gasteiger partial charge in [-0.1, -0.05) is 59.6 Å². The third-order valence-corrected chi connectivity index (χ3v) is 4.49. The van der Waals surface area contributed by atoms with E-state index in [1.165, 1.54) is 7.11 Å². The first-order valence-corrected chi connectivity index (χ1v) is 8.09. The van der Waals surface area contributed by atoms with Gasteiger partial charge < -0.3 is 4.74 Å². The van der Waals surface area contributed by atoms with E-state index >= 15 is 0 Å². The molecule has 24 heavy (non-hydrogen) atoms. The zero-order chi connectivity index (χ0) is 17.1. The van der Waals surface area contributed by atoms with Gasteiger partial charge in [-0.2, -0.15) is 10.2 Å². The summed E-state index contributed by atoms with van der Waals surface area (Å²) in [5, 5.41) is 9.63. The number of carbonyl (C=O) groups is 1. The fourth-order valence-electron chi connectivity index (χ4n) is 2.62. The molecular weight excluding hydrogens is 347 g/mol. The van der Waals surface area contributed by atoms with Crippen LogP contribution in [0.25, 0.3) is 0 Å². The predicted molar refractivity (Wildman–Crippen MR) is 96.1 cm³/mol. The van der Waals surface area contributed by atoms with Crippen molar-refractivity contribution >= 4 is 40.6 Å². The highest BCUT2D eigenvalue weighted by Gasteiger charge is 2.32. The van der Waals surface area contributed by atoms with Gasteiger partial charge in [0.1, 0.15) is 5.92 Å². The van der Waals surface area contributed by atoms with Crippen molar-refractivity contribution in [3.8, 4) is 0 Å². The number of rotatable bonds is 3. The van der Waals surface area contributed by atoms with Crippen LogP contribution >= 0.6 is 23.2 Å². The van der Waals surface area contributed by atoms with E-state index in [0.29, 0.717) is 33.5 Å². The van der Waals surface area contributed by atoms with Crippen molar-refractivity contribution in [1.82, 2.24) is 0 Å². The lowest BCUT2D eigenvalue weighted by Gasteiger charge is -2.22. The molecule has 1 aliphatic heterocycles. The molecule has 0 bridgehead atoms. The van der Waals surface area contributed by atoms with Crippen molar-refractivity contribution in [2.24, 2.45) is 16.1 Å². The Morgan fingerprint density at radius 2 is 1.58 bits per heavy atom. The van der Waals surface area contributed by atoms with E-state index in [2.05, 4.69) is 10.2 Å². The first-order valence-electron chi connectivity index (χ1n) is 7.34. The second-order valence-electron chi connectivity index (χ2n) is 5.27. The Morgan fingerprint density at radius 1 is 1.00 bits per heavy atom. The van der Waals surface area contributed by atoms with Gasteiger partial charge in [-0.05, 0) is 12.1 Å². The summed E-state index contributed by atoms with van der Waals surface area (Å²) in [6, 6.07) is 14.6. The van der Waals surface area contributed by atoms with Crippen molar-refractivity contribution in [1.29, 1.82) is 0 Å². The molecule has 2 aromatic rings. The maximum Gasteiger partial charge on any atom is 0.315 e. The zero-order valence-electron chi connectivity index (χ0n) is 12.9. The summed E-state index contributed by atoms with van der Waals surface area (Å²) in [6.07, 6.45) is 0.348. The minimum atomic E-state index is -0.585. The van der Waals surface area contributed by atoms with Crippen LogP contribution in [-0.4, -0.2) is 24.5 Å². The quantitative estimate of drug-likeness (QED) is 0.762. The Hall–Kier alpha value is -2.17. The first-order chi connectivity index (χ1) is 11.6. The Morgan fingerprint density at radius 3 is 2.17 bits per heavy atom. The lowest BCUT2D eigenvalue weighted by atomic mass is 9.89. The van der Waals surface area contributed by atoms with Crippen LogP contribution in [0.5, 0.6) is 0 Å². The van der Waals surface area contributed by atoms with Crippen molar-refractivity contribution in [3.05, 3.63) is 69.7 Å². The van der Waals surface area contributed by atoms with Gasteiger partial charge in [-0.15, -0.1) is 0 Å². The summed E-state index contributed by atoms with van der Waals surface area (Å²) >= 11 is 12.5. The molecule has 0 N–H and O–H groups in total. The van der Waals surface area contributed by atoms with E-state index in [4.69, 9.17) is 27.9 Å². The second-order valence-corrected chi connectivity index (χ2v) is 6.09. The molecule has 1 atom stereocenters. The molecule has 0 saturated heterocycles. The predicted octanol–water partition coefficient (Wildman–Crippen LogP) is 4.38. The summed E-state index contributed by atoms with van der Waals surface area (Å²) in [7, 11) is 1.35. The molecule has 2 aromatic carbocycles. The molecule has 1 unspecified atom stereocenters. The maximum absolute atomic E-state index is 12.3. The molecule has 0 fully saturated rings. The smallest absolute Gasteiger partial charge is 0.315 e. The molecule has 0 aromatic heterocycles. The molecule has 0 amide bonds. The van der Waals surface area contributed by atoms with Gasteiger partial charge in [-0.25, -0.2) is 0 Å². The third-order valence-electron chi connectivity index (χ3n) is 3.83. The number of hydrogen-bond acceptors (Lipinski definition) is 4. The molecule has 4 nitrogen and oxygen atoms in total. The number of methoxy groups -OCH3 is 1. The number of benzene rings is 2. The SMILES string of the molecule is COC(=O)C1CC(c2ccccc2Cl)=NN=C1c1ccccc1Cl. The molecule has 6 heteroatoms. The van der Waals surface area contributed by atoms with Gasteiger partial charge in [0.2, 0.25) is 0 Å². The van der Waals surface area contributed by atoms with E-state index < -0.39 is 5.92 Å². The van der Waals surface area contributed by atoms with Crippen LogP contribution in [0, 0.1) is 5.92 Å². The van der Waals surface area contributed by atoms with Crippen LogP contribution < -0.4 is 0 Å². The van der Waals surface area contributed by atoms with Gasteiger partial charge in [0, 0.05) is 27.6 Å². The lowest BCUT2D eigenvalue weighted by Crippen LogP contribution is -2.31. The largest absolute Gasteiger partial charge is 0.468 e. The third kappa shape index (κ3) is 3.21. The second kappa shape index (κ2) is 7.16. The average molecular weight is 361 g/mol. The van der Waals surface area contributed by atoms with E-state index in [1.807, 2.05) is 36.4 Å². The van der Waals surface area contributed by atoms with E-state index in [9.17, 15) is 4.79 Å². The van der Waals surface area contributed by atoms with E-state index in [1.54, 1.807) is 12.1 Å². The van der Waals surface area contributed by atoms with Gasteiger partial charge in [0.05, 0.1) is 18.5 Å². The summed E-state index contributed by atoms with van der Waals surface area (Å²) in [6.45, 7) is 0. The number of nitrogens with zero attached hydrogens (tertiary/aromatic N) is 2. The van der Waals surface area contributed by atoms with Crippen molar-refractivity contribution < 1.29 is 9.53 Å². The molecule has 0 aliphatic carbocycles. The van der Waals surface area contributed by atoms with Crippen molar-refractivity contribution in [2.45, 2.75) is 6.42 Å². The number of esters is 1. The zero-order valence-corrected chi connectivity index (χ0v) is 14.4. The van der Waals surface area contributed by atoms with Crippen LogP contribution in [0.15, 0.2) is 58.7 Å². The standard InChI is InChI=1S/C18H14Cl2N2O2/c1-24-18(23)13-10-16(11-6-2-4-8-14(11)19)21-22-17(13)12-7-3-5-9-15(12)20/h2-9,13H,10H2,1H3. The first kappa shape index (κ1) is 16.7. The van der Waals surface area contributed by atoms with Gasteiger partial charge in [-0.3, -0.25) is 4.79 Å². The number of ether oxygens (including phenoxy) is 1. The summed E-state index contributed by atoms with van der Waals surface area (Å²) in [4.78, 5) is 12.3. The summed E-state index contributed by atoms with van der Waals surface area (Å²) in [5.41, 5.74) is 2.58. The average Bonchev–Trinajstić information content (AvgIpc) is 2.61. The molecule has 0 radical (unpaired) electrons.